The van der Waals surface area contributed by atoms with Crippen molar-refractivity contribution in [3.05, 3.63) is 47.1 Å². The molecule has 20 heavy (non-hydrogen) atoms. The van der Waals surface area contributed by atoms with Crippen molar-refractivity contribution in [1.29, 1.82) is 0 Å². The number of rotatable bonds is 5. The second-order valence-electron chi connectivity index (χ2n) is 4.39. The maximum absolute atomic E-state index is 6.16. The van der Waals surface area contributed by atoms with Crippen LogP contribution in [0.15, 0.2) is 36.5 Å². The van der Waals surface area contributed by atoms with Crippen LogP contribution in [0.1, 0.15) is 18.9 Å². The standard InChI is InChI=1S/C14H17ClN4S/c1-2-8-16-14(20)17-13-12(15)10-19(18-13)9-11-6-4-3-5-7-11/h3-7,10H,2,8-9H2,1H3,(H2,16,17,18,20). The fraction of sp³-hybridized carbons (Fsp3) is 0.286. The molecule has 1 heterocycles. The van der Waals surface area contributed by atoms with E-state index in [2.05, 4.69) is 34.8 Å². The Labute approximate surface area is 129 Å². The zero-order valence-electron chi connectivity index (χ0n) is 11.3. The van der Waals surface area contributed by atoms with Crippen LogP contribution in [0.5, 0.6) is 0 Å². The molecule has 0 aliphatic rings. The third kappa shape index (κ3) is 4.21. The van der Waals surface area contributed by atoms with Crippen LogP contribution in [-0.2, 0) is 6.54 Å². The van der Waals surface area contributed by atoms with Crippen LogP contribution >= 0.6 is 23.8 Å². The molecule has 0 atom stereocenters. The molecule has 4 nitrogen and oxygen atoms in total. The lowest BCUT2D eigenvalue weighted by Gasteiger charge is -2.07. The first-order valence-electron chi connectivity index (χ1n) is 6.50. The first-order chi connectivity index (χ1) is 9.69. The molecule has 0 saturated heterocycles. The highest BCUT2D eigenvalue weighted by Gasteiger charge is 2.08. The van der Waals surface area contributed by atoms with Gasteiger partial charge in [0.2, 0.25) is 0 Å². The minimum absolute atomic E-state index is 0.540. The Bertz CT molecular complexity index is 568. The van der Waals surface area contributed by atoms with E-state index in [1.807, 2.05) is 18.2 Å². The van der Waals surface area contributed by atoms with Gasteiger partial charge in [-0.25, -0.2) is 0 Å². The summed E-state index contributed by atoms with van der Waals surface area (Å²) in [5, 5.41) is 11.6. The fourth-order valence-corrected chi connectivity index (χ4v) is 2.12. The van der Waals surface area contributed by atoms with Gasteiger partial charge in [-0.15, -0.1) is 0 Å². The number of nitrogens with one attached hydrogen (secondary N) is 2. The molecular weight excluding hydrogens is 292 g/mol. The van der Waals surface area contributed by atoms with Crippen molar-refractivity contribution in [2.75, 3.05) is 11.9 Å². The third-order valence-electron chi connectivity index (χ3n) is 2.67. The molecule has 6 heteroatoms. The number of aromatic nitrogens is 2. The first kappa shape index (κ1) is 14.8. The summed E-state index contributed by atoms with van der Waals surface area (Å²) in [6, 6.07) is 10.1. The molecular formula is C14H17ClN4S. The Kier molecular flexibility index (Phi) is 5.38. The van der Waals surface area contributed by atoms with E-state index < -0.39 is 0 Å². The summed E-state index contributed by atoms with van der Waals surface area (Å²) in [4.78, 5) is 0. The monoisotopic (exact) mass is 308 g/mol. The topological polar surface area (TPSA) is 41.9 Å². The number of thiocarbonyl (C=S) groups is 1. The van der Waals surface area contributed by atoms with Crippen molar-refractivity contribution in [2.24, 2.45) is 0 Å². The Morgan fingerprint density at radius 2 is 2.10 bits per heavy atom. The molecule has 2 aromatic rings. The van der Waals surface area contributed by atoms with Crippen molar-refractivity contribution >= 4 is 34.7 Å². The molecule has 2 N–H and O–H groups in total. The van der Waals surface area contributed by atoms with Crippen molar-refractivity contribution in [2.45, 2.75) is 19.9 Å². The average Bonchev–Trinajstić information content (AvgIpc) is 2.77. The largest absolute Gasteiger partial charge is 0.362 e. The van der Waals surface area contributed by atoms with E-state index in [1.165, 1.54) is 5.56 Å². The number of benzene rings is 1. The van der Waals surface area contributed by atoms with Gasteiger partial charge in [-0.3, -0.25) is 4.68 Å². The second-order valence-corrected chi connectivity index (χ2v) is 5.21. The third-order valence-corrected chi connectivity index (χ3v) is 3.19. The molecule has 0 aliphatic carbocycles. The van der Waals surface area contributed by atoms with Crippen LogP contribution in [0.2, 0.25) is 5.02 Å². The molecule has 0 fully saturated rings. The van der Waals surface area contributed by atoms with Gasteiger partial charge in [0.1, 0.15) is 5.02 Å². The summed E-state index contributed by atoms with van der Waals surface area (Å²) >= 11 is 11.3. The molecule has 2 rings (SSSR count). The quantitative estimate of drug-likeness (QED) is 0.832. The number of anilines is 1. The smallest absolute Gasteiger partial charge is 0.173 e. The van der Waals surface area contributed by atoms with Gasteiger partial charge >= 0.3 is 0 Å². The maximum atomic E-state index is 6.16. The number of hydrogen-bond acceptors (Lipinski definition) is 2. The highest BCUT2D eigenvalue weighted by molar-refractivity contribution is 7.80. The zero-order chi connectivity index (χ0) is 14.4. The minimum atomic E-state index is 0.540. The summed E-state index contributed by atoms with van der Waals surface area (Å²) in [5.74, 6) is 0.580. The highest BCUT2D eigenvalue weighted by Crippen LogP contribution is 2.19. The average molecular weight is 309 g/mol. The molecule has 0 amide bonds. The van der Waals surface area contributed by atoms with Crippen molar-refractivity contribution < 1.29 is 0 Å². The van der Waals surface area contributed by atoms with E-state index in [9.17, 15) is 0 Å². The fourth-order valence-electron chi connectivity index (χ4n) is 1.72. The predicted octanol–water partition coefficient (Wildman–Crippen LogP) is 3.28. The first-order valence-corrected chi connectivity index (χ1v) is 7.29. The number of nitrogens with zero attached hydrogens (tertiary/aromatic N) is 2. The van der Waals surface area contributed by atoms with E-state index in [0.717, 1.165) is 13.0 Å². The van der Waals surface area contributed by atoms with Gasteiger partial charge in [0.05, 0.1) is 6.54 Å². The van der Waals surface area contributed by atoms with E-state index in [-0.39, 0.29) is 0 Å². The van der Waals surface area contributed by atoms with Gasteiger partial charge in [-0.1, -0.05) is 48.9 Å². The summed E-state index contributed by atoms with van der Waals surface area (Å²) in [5.41, 5.74) is 1.17. The van der Waals surface area contributed by atoms with Crippen molar-refractivity contribution in [3.8, 4) is 0 Å². The van der Waals surface area contributed by atoms with Gasteiger partial charge in [0, 0.05) is 12.7 Å². The zero-order valence-corrected chi connectivity index (χ0v) is 12.8. The SMILES string of the molecule is CCCNC(=S)Nc1nn(Cc2ccccc2)cc1Cl. The number of hydrogen-bond donors (Lipinski definition) is 2. The van der Waals surface area contributed by atoms with Crippen LogP contribution in [0.25, 0.3) is 0 Å². The Hall–Kier alpha value is -1.59. The van der Waals surface area contributed by atoms with E-state index in [1.54, 1.807) is 10.9 Å². The lowest BCUT2D eigenvalue weighted by Crippen LogP contribution is -2.29. The van der Waals surface area contributed by atoms with E-state index in [4.69, 9.17) is 23.8 Å². The molecule has 0 radical (unpaired) electrons. The molecule has 0 bridgehead atoms. The van der Waals surface area contributed by atoms with Crippen molar-refractivity contribution in [3.63, 3.8) is 0 Å². The van der Waals surface area contributed by atoms with Gasteiger partial charge in [0.15, 0.2) is 10.9 Å². The predicted molar refractivity (Wildman–Crippen MR) is 87.3 cm³/mol. The van der Waals surface area contributed by atoms with Gasteiger partial charge in [-0.05, 0) is 24.2 Å². The summed E-state index contributed by atoms with van der Waals surface area (Å²) in [6.45, 7) is 3.59. The summed E-state index contributed by atoms with van der Waals surface area (Å²) in [6.07, 6.45) is 2.80. The van der Waals surface area contributed by atoms with Crippen molar-refractivity contribution in [1.82, 2.24) is 15.1 Å². The van der Waals surface area contributed by atoms with E-state index >= 15 is 0 Å². The normalized spacial score (nSPS) is 10.3. The maximum Gasteiger partial charge on any atom is 0.173 e. The van der Waals surface area contributed by atoms with Gasteiger partial charge in [-0.2, -0.15) is 5.10 Å². The second kappa shape index (κ2) is 7.26. The van der Waals surface area contributed by atoms with Crippen LogP contribution in [0, 0.1) is 0 Å². The summed E-state index contributed by atoms with van der Waals surface area (Å²) in [7, 11) is 0. The van der Waals surface area contributed by atoms with Gasteiger partial charge in [0.25, 0.3) is 0 Å². The molecule has 0 aliphatic heterocycles. The molecule has 0 saturated carbocycles. The Morgan fingerprint density at radius 1 is 1.35 bits per heavy atom. The van der Waals surface area contributed by atoms with E-state index in [0.29, 0.717) is 22.5 Å². The molecule has 0 unspecified atom stereocenters. The molecule has 0 spiro atoms. The molecule has 1 aromatic heterocycles. The molecule has 1 aromatic carbocycles. The molecule has 106 valence electrons. The summed E-state index contributed by atoms with van der Waals surface area (Å²) < 4.78 is 1.79. The van der Waals surface area contributed by atoms with Crippen LogP contribution in [0.4, 0.5) is 5.82 Å². The Morgan fingerprint density at radius 3 is 2.80 bits per heavy atom. The Balaban J connectivity index is 2.00. The minimum Gasteiger partial charge on any atom is -0.362 e. The van der Waals surface area contributed by atoms with Crippen LogP contribution in [0.3, 0.4) is 0 Å². The van der Waals surface area contributed by atoms with Crippen LogP contribution in [-0.4, -0.2) is 21.4 Å². The van der Waals surface area contributed by atoms with Crippen LogP contribution < -0.4 is 10.6 Å². The van der Waals surface area contributed by atoms with Gasteiger partial charge < -0.3 is 10.6 Å². The number of halogens is 1. The lowest BCUT2D eigenvalue weighted by molar-refractivity contribution is 0.690. The lowest BCUT2D eigenvalue weighted by atomic mass is 10.2. The highest BCUT2D eigenvalue weighted by atomic mass is 35.5.